The summed E-state index contributed by atoms with van der Waals surface area (Å²) in [5.74, 6) is 0. The van der Waals surface area contributed by atoms with Gasteiger partial charge in [-0.25, -0.2) is 0 Å². The van der Waals surface area contributed by atoms with E-state index in [1.165, 1.54) is 66.8 Å². The van der Waals surface area contributed by atoms with E-state index >= 15 is 0 Å². The van der Waals surface area contributed by atoms with E-state index in [0.717, 1.165) is 0 Å². The monoisotopic (exact) mass is 489 g/mol. The zero-order chi connectivity index (χ0) is 21.9. The van der Waals surface area contributed by atoms with Gasteiger partial charge in [0.05, 0.1) is 0 Å². The molecular formula is C31H28Y-2. The fourth-order valence-electron chi connectivity index (χ4n) is 5.27. The van der Waals surface area contributed by atoms with Gasteiger partial charge in [0, 0.05) is 38.1 Å². The second-order valence-corrected chi connectivity index (χ2v) is 9.07. The van der Waals surface area contributed by atoms with Crippen LogP contribution in [-0.2, 0) is 38.1 Å². The average Bonchev–Trinajstić information content (AvgIpc) is 3.06. The fraction of sp³-hybridized carbons (Fsp3) is 0.226. The Balaban J connectivity index is 0.00000245. The van der Waals surface area contributed by atoms with Crippen molar-refractivity contribution in [3.8, 4) is 11.1 Å². The molecule has 0 aromatic heterocycles. The zero-order valence-electron chi connectivity index (χ0n) is 19.9. The van der Waals surface area contributed by atoms with Gasteiger partial charge >= 0.3 is 0 Å². The van der Waals surface area contributed by atoms with E-state index < -0.39 is 5.41 Å². The standard InChI is InChI=1S/C31H28.Y/c1-19-15-25(16-20(2)23(19)5)31(26-17-21(3)24(6)22(4)18-26)29-13-9-7-11-27(29)28-12-8-10-14-30(28)31;/h7-15,17H,1-6H3;/q-2;. The summed E-state index contributed by atoms with van der Waals surface area (Å²) in [7, 11) is 0. The van der Waals surface area contributed by atoms with Crippen LogP contribution in [0, 0.1) is 53.7 Å². The van der Waals surface area contributed by atoms with Gasteiger partial charge in [0.15, 0.2) is 0 Å². The van der Waals surface area contributed by atoms with Crippen molar-refractivity contribution in [2.75, 3.05) is 0 Å². The molecule has 0 heterocycles. The van der Waals surface area contributed by atoms with Crippen molar-refractivity contribution in [1.29, 1.82) is 0 Å². The minimum absolute atomic E-state index is 0. The molecule has 0 atom stereocenters. The van der Waals surface area contributed by atoms with Crippen LogP contribution in [0.3, 0.4) is 0 Å². The predicted molar refractivity (Wildman–Crippen MR) is 130 cm³/mol. The van der Waals surface area contributed by atoms with Crippen LogP contribution in [0.2, 0.25) is 0 Å². The quantitative estimate of drug-likeness (QED) is 0.225. The summed E-state index contributed by atoms with van der Waals surface area (Å²) in [6.45, 7) is 13.2. The van der Waals surface area contributed by atoms with E-state index in [4.69, 9.17) is 0 Å². The minimum Gasteiger partial charge on any atom is -0.175 e. The number of hydrogen-bond donors (Lipinski definition) is 0. The molecule has 5 rings (SSSR count). The van der Waals surface area contributed by atoms with Crippen molar-refractivity contribution >= 4 is 0 Å². The molecule has 0 amide bonds. The van der Waals surface area contributed by atoms with E-state index in [2.05, 4.69) is 114 Å². The van der Waals surface area contributed by atoms with Crippen LogP contribution in [0.25, 0.3) is 11.1 Å². The van der Waals surface area contributed by atoms with E-state index in [1.807, 2.05) is 0 Å². The third-order valence-corrected chi connectivity index (χ3v) is 7.43. The van der Waals surface area contributed by atoms with Gasteiger partial charge in [-0.15, -0.1) is 11.1 Å². The molecule has 157 valence electrons. The second-order valence-electron chi connectivity index (χ2n) is 9.07. The Kier molecular flexibility index (Phi) is 6.08. The number of benzene rings is 4. The Morgan fingerprint density at radius 1 is 0.562 bits per heavy atom. The number of rotatable bonds is 2. The van der Waals surface area contributed by atoms with Crippen LogP contribution in [0.1, 0.15) is 55.6 Å². The van der Waals surface area contributed by atoms with Crippen LogP contribution in [0.15, 0.2) is 60.7 Å². The molecule has 0 saturated heterocycles. The maximum atomic E-state index is 3.81. The maximum absolute atomic E-state index is 3.81. The molecule has 0 aliphatic heterocycles. The number of aryl methyl sites for hydroxylation is 4. The first-order chi connectivity index (χ1) is 14.9. The summed E-state index contributed by atoms with van der Waals surface area (Å²) >= 11 is 0. The average molecular weight is 489 g/mol. The van der Waals surface area contributed by atoms with Gasteiger partial charge in [0.25, 0.3) is 0 Å². The van der Waals surface area contributed by atoms with E-state index in [9.17, 15) is 0 Å². The molecule has 1 aliphatic rings. The molecule has 0 unspecified atom stereocenters. The molecule has 1 heteroatoms. The Labute approximate surface area is 218 Å². The first-order valence-corrected chi connectivity index (χ1v) is 11.1. The predicted octanol–water partition coefficient (Wildman–Crippen LogP) is 7.50. The summed E-state index contributed by atoms with van der Waals surface area (Å²) in [4.78, 5) is 0. The molecule has 0 spiro atoms. The minimum atomic E-state index is -0.417. The molecular weight excluding hydrogens is 461 g/mol. The van der Waals surface area contributed by atoms with Crippen molar-refractivity contribution in [2.24, 2.45) is 0 Å². The maximum Gasteiger partial charge on any atom is 0.0266 e. The van der Waals surface area contributed by atoms with Crippen molar-refractivity contribution < 1.29 is 32.7 Å². The largest absolute Gasteiger partial charge is 0.175 e. The van der Waals surface area contributed by atoms with E-state index in [0.29, 0.717) is 0 Å². The van der Waals surface area contributed by atoms with Gasteiger partial charge in [-0.3, -0.25) is 0 Å². The fourth-order valence-corrected chi connectivity index (χ4v) is 5.27. The molecule has 1 aliphatic carbocycles. The number of hydrogen-bond acceptors (Lipinski definition) is 0. The smallest absolute Gasteiger partial charge is 0.0266 e. The molecule has 0 bridgehead atoms. The normalized spacial score (nSPS) is 13.3. The first-order valence-electron chi connectivity index (χ1n) is 11.1. The molecule has 1 radical (unpaired) electrons. The van der Waals surface area contributed by atoms with Gasteiger partial charge in [-0.05, 0) is 22.3 Å². The second kappa shape index (κ2) is 8.40. The molecule has 32 heavy (non-hydrogen) atoms. The molecule has 0 saturated carbocycles. The Hall–Kier alpha value is -2.02. The summed E-state index contributed by atoms with van der Waals surface area (Å²) in [6, 6.07) is 30.1. The third-order valence-electron chi connectivity index (χ3n) is 7.43. The van der Waals surface area contributed by atoms with Gasteiger partial charge in [0.1, 0.15) is 0 Å². The van der Waals surface area contributed by atoms with Gasteiger partial charge in [-0.2, -0.15) is 57.6 Å². The SMILES string of the molecule is Cc1[c-]c(C2(c3[c-]c(C)c(C)c(C)c3)c3ccccc3-c3ccccc32)cc(C)c1C.[Y]. The topological polar surface area (TPSA) is 0 Å². The van der Waals surface area contributed by atoms with Crippen molar-refractivity contribution in [1.82, 2.24) is 0 Å². The van der Waals surface area contributed by atoms with Gasteiger partial charge in [-0.1, -0.05) is 90.1 Å². The molecule has 0 N–H and O–H groups in total. The van der Waals surface area contributed by atoms with Crippen LogP contribution in [0.4, 0.5) is 0 Å². The third kappa shape index (κ3) is 3.19. The van der Waals surface area contributed by atoms with E-state index in [1.54, 1.807) is 0 Å². The van der Waals surface area contributed by atoms with Gasteiger partial charge < -0.3 is 0 Å². The number of fused-ring (bicyclic) bond motifs is 3. The summed E-state index contributed by atoms with van der Waals surface area (Å²) < 4.78 is 0. The van der Waals surface area contributed by atoms with Crippen LogP contribution in [0.5, 0.6) is 0 Å². The summed E-state index contributed by atoms with van der Waals surface area (Å²) in [6.07, 6.45) is 0. The molecule has 4 aromatic carbocycles. The molecule has 0 nitrogen and oxygen atoms in total. The van der Waals surface area contributed by atoms with Crippen molar-refractivity contribution in [2.45, 2.75) is 47.0 Å². The van der Waals surface area contributed by atoms with E-state index in [-0.39, 0.29) is 32.7 Å². The van der Waals surface area contributed by atoms with Crippen molar-refractivity contribution in [3.05, 3.63) is 128 Å². The van der Waals surface area contributed by atoms with Crippen molar-refractivity contribution in [3.63, 3.8) is 0 Å². The first kappa shape index (κ1) is 23.2. The van der Waals surface area contributed by atoms with Crippen LogP contribution in [-0.4, -0.2) is 0 Å². The molecule has 0 fully saturated rings. The Morgan fingerprint density at radius 3 is 1.31 bits per heavy atom. The zero-order valence-corrected chi connectivity index (χ0v) is 22.7. The summed E-state index contributed by atoms with van der Waals surface area (Å²) in [5.41, 5.74) is 15.0. The van der Waals surface area contributed by atoms with Crippen LogP contribution < -0.4 is 0 Å². The Morgan fingerprint density at radius 2 is 0.938 bits per heavy atom. The van der Waals surface area contributed by atoms with Gasteiger partial charge in [0.2, 0.25) is 0 Å². The molecule has 4 aromatic rings. The summed E-state index contributed by atoms with van der Waals surface area (Å²) in [5, 5.41) is 0. The Bertz CT molecular complexity index is 1190. The van der Waals surface area contributed by atoms with Crippen LogP contribution >= 0.6 is 0 Å².